The summed E-state index contributed by atoms with van der Waals surface area (Å²) in [5.41, 5.74) is 3.07. The average molecular weight is 763 g/mol. The van der Waals surface area contributed by atoms with Gasteiger partial charge in [0, 0.05) is 50.8 Å². The highest BCUT2D eigenvalue weighted by Gasteiger charge is 2.23. The molecule has 254 valence electrons. The van der Waals surface area contributed by atoms with Crippen LogP contribution < -0.4 is 0 Å². The van der Waals surface area contributed by atoms with Crippen molar-refractivity contribution in [3.8, 4) is 48.8 Å². The van der Waals surface area contributed by atoms with E-state index < -0.39 is 0 Å². The molecule has 0 N–H and O–H groups in total. The fourth-order valence-corrected chi connectivity index (χ4v) is 14.2. The molecule has 0 spiro atoms. The Balaban J connectivity index is 1.26. The van der Waals surface area contributed by atoms with Crippen molar-refractivity contribution in [3.05, 3.63) is 107 Å². The Morgan fingerprint density at radius 2 is 0.800 bits per heavy atom. The van der Waals surface area contributed by atoms with Crippen molar-refractivity contribution in [1.82, 2.24) is 0 Å². The van der Waals surface area contributed by atoms with Gasteiger partial charge in [0.05, 0.1) is 19.5 Å². The molecule has 0 radical (unpaired) electrons. The van der Waals surface area contributed by atoms with Gasteiger partial charge in [-0.25, -0.2) is 0 Å². The molecule has 0 bridgehead atoms. The van der Waals surface area contributed by atoms with Crippen LogP contribution in [0.5, 0.6) is 0 Å². The smallest absolute Gasteiger partial charge is 0.0531 e. The Labute approximate surface area is 320 Å². The Kier molecular flexibility index (Phi) is 10.8. The van der Waals surface area contributed by atoms with Gasteiger partial charge in [0.15, 0.2) is 0 Å². The largest absolute Gasteiger partial charge is 0.143 e. The molecule has 8 aromatic rings. The maximum Gasteiger partial charge on any atom is 0.0531 e. The lowest BCUT2D eigenvalue weighted by molar-refractivity contribution is 0.668. The van der Waals surface area contributed by atoms with Crippen LogP contribution in [0.15, 0.2) is 95.7 Å². The van der Waals surface area contributed by atoms with Gasteiger partial charge in [-0.05, 0) is 71.8 Å². The molecular formula is C44H42S6. The van der Waals surface area contributed by atoms with Gasteiger partial charge in [-0.15, -0.1) is 68.0 Å². The van der Waals surface area contributed by atoms with Gasteiger partial charge in [0.2, 0.25) is 0 Å². The van der Waals surface area contributed by atoms with Crippen LogP contribution in [-0.2, 0) is 12.8 Å². The van der Waals surface area contributed by atoms with Crippen LogP contribution in [-0.4, -0.2) is 0 Å². The zero-order chi connectivity index (χ0) is 33.9. The molecule has 8 rings (SSSR count). The summed E-state index contributed by atoms with van der Waals surface area (Å²) in [6.45, 7) is 4.62. The third kappa shape index (κ3) is 6.88. The van der Waals surface area contributed by atoms with Gasteiger partial charge in [0.1, 0.15) is 0 Å². The molecule has 0 atom stereocenters. The van der Waals surface area contributed by atoms with E-state index in [9.17, 15) is 0 Å². The number of hydrogen-bond donors (Lipinski definition) is 0. The van der Waals surface area contributed by atoms with Crippen LogP contribution in [0.2, 0.25) is 0 Å². The molecule has 0 nitrogen and oxygen atoms in total. The quantitative estimate of drug-likeness (QED) is 0.0913. The molecule has 6 heterocycles. The molecule has 0 amide bonds. The van der Waals surface area contributed by atoms with Crippen LogP contribution in [0.4, 0.5) is 0 Å². The summed E-state index contributed by atoms with van der Waals surface area (Å²) in [7, 11) is 0. The van der Waals surface area contributed by atoms with Gasteiger partial charge >= 0.3 is 0 Å². The Morgan fingerprint density at radius 3 is 1.18 bits per heavy atom. The second-order valence-electron chi connectivity index (χ2n) is 13.1. The maximum atomic E-state index is 2.57. The normalized spacial score (nSPS) is 11.8. The molecule has 0 aliphatic heterocycles. The molecule has 0 aliphatic carbocycles. The molecule has 0 fully saturated rings. The number of aryl methyl sites for hydroxylation is 2. The Morgan fingerprint density at radius 1 is 0.380 bits per heavy atom. The predicted octanol–water partition coefficient (Wildman–Crippen LogP) is 16.9. The standard InChI is InChI=1S/C44H42S6/c1-3-5-7-9-17-29-27-37(47-39(29)43-33-21-13-11-19-31(33)41(49-43)35-23-15-25-45-35)38-28-30(18-10-8-6-4-2)40(48-38)44-34-22-14-12-20-32(34)42(50-44)36-24-16-26-46-36/h11-16,19-28H,3-10,17-18H2,1-2H3. The van der Waals surface area contributed by atoms with Crippen molar-refractivity contribution in [3.63, 3.8) is 0 Å². The van der Waals surface area contributed by atoms with E-state index >= 15 is 0 Å². The number of thiophene rings is 6. The first kappa shape index (κ1) is 34.3. The first-order valence-electron chi connectivity index (χ1n) is 18.1. The fourth-order valence-electron chi connectivity index (χ4n) is 7.04. The van der Waals surface area contributed by atoms with Crippen LogP contribution in [0, 0.1) is 0 Å². The van der Waals surface area contributed by atoms with E-state index in [2.05, 4.69) is 110 Å². The third-order valence-corrected chi connectivity index (χ3v) is 17.0. The maximum absolute atomic E-state index is 2.57. The number of hydrogen-bond acceptors (Lipinski definition) is 6. The van der Waals surface area contributed by atoms with Crippen molar-refractivity contribution < 1.29 is 0 Å². The molecule has 0 unspecified atom stereocenters. The summed E-state index contributed by atoms with van der Waals surface area (Å²) in [5.74, 6) is 0. The van der Waals surface area contributed by atoms with E-state index in [4.69, 9.17) is 0 Å². The minimum absolute atomic E-state index is 1.15. The van der Waals surface area contributed by atoms with E-state index in [1.807, 2.05) is 68.0 Å². The van der Waals surface area contributed by atoms with E-state index in [1.165, 1.54) is 133 Å². The summed E-state index contributed by atoms with van der Waals surface area (Å²) in [4.78, 5) is 14.3. The molecule has 6 aromatic heterocycles. The molecule has 2 aromatic carbocycles. The summed E-state index contributed by atoms with van der Waals surface area (Å²) in [6.07, 6.45) is 12.6. The lowest BCUT2D eigenvalue weighted by atomic mass is 10.0. The summed E-state index contributed by atoms with van der Waals surface area (Å²) in [5, 5.41) is 10.00. The van der Waals surface area contributed by atoms with Gasteiger partial charge in [-0.1, -0.05) is 113 Å². The topological polar surface area (TPSA) is 0 Å². The van der Waals surface area contributed by atoms with Gasteiger partial charge in [-0.2, -0.15) is 0 Å². The van der Waals surface area contributed by atoms with Crippen molar-refractivity contribution in [1.29, 1.82) is 0 Å². The highest BCUT2D eigenvalue weighted by Crippen LogP contribution is 2.53. The Bertz CT molecular complexity index is 2140. The number of fused-ring (bicyclic) bond motifs is 2. The molecule has 0 saturated heterocycles. The van der Waals surface area contributed by atoms with Crippen molar-refractivity contribution in [2.45, 2.75) is 78.1 Å². The van der Waals surface area contributed by atoms with Crippen molar-refractivity contribution in [2.24, 2.45) is 0 Å². The number of unbranched alkanes of at least 4 members (excludes halogenated alkanes) is 6. The van der Waals surface area contributed by atoms with Gasteiger partial charge in [0.25, 0.3) is 0 Å². The summed E-state index contributed by atoms with van der Waals surface area (Å²) in [6, 6.07) is 32.3. The van der Waals surface area contributed by atoms with Crippen molar-refractivity contribution in [2.75, 3.05) is 0 Å². The molecule has 0 saturated carbocycles. The van der Waals surface area contributed by atoms with E-state index in [0.717, 1.165) is 12.8 Å². The first-order chi connectivity index (χ1) is 24.7. The highest BCUT2D eigenvalue weighted by molar-refractivity contribution is 7.31. The highest BCUT2D eigenvalue weighted by atomic mass is 32.1. The monoisotopic (exact) mass is 762 g/mol. The van der Waals surface area contributed by atoms with Gasteiger partial charge in [-0.3, -0.25) is 0 Å². The first-order valence-corrected chi connectivity index (χ1v) is 23.1. The lowest BCUT2D eigenvalue weighted by Gasteiger charge is -2.03. The Hall–Kier alpha value is -2.84. The second kappa shape index (κ2) is 15.8. The van der Waals surface area contributed by atoms with Crippen LogP contribution in [0.25, 0.3) is 70.3 Å². The van der Waals surface area contributed by atoms with E-state index in [-0.39, 0.29) is 0 Å². The van der Waals surface area contributed by atoms with E-state index in [0.29, 0.717) is 0 Å². The summed E-state index contributed by atoms with van der Waals surface area (Å²) >= 11 is 11.8. The third-order valence-electron chi connectivity index (χ3n) is 9.60. The average Bonchev–Trinajstić information content (AvgIpc) is 4.00. The molecule has 50 heavy (non-hydrogen) atoms. The van der Waals surface area contributed by atoms with Crippen LogP contribution >= 0.6 is 68.0 Å². The van der Waals surface area contributed by atoms with E-state index in [1.54, 1.807) is 0 Å². The number of benzene rings is 2. The second-order valence-corrected chi connectivity index (χ2v) is 19.2. The lowest BCUT2D eigenvalue weighted by Crippen LogP contribution is -1.86. The minimum atomic E-state index is 1.15. The SMILES string of the molecule is CCCCCCc1cc(-c2cc(CCCCCC)c(-c3sc(-c4cccs4)c4ccccc34)s2)sc1-c1sc(-c2cccs2)c2ccccc12. The van der Waals surface area contributed by atoms with Gasteiger partial charge < -0.3 is 0 Å². The summed E-state index contributed by atoms with van der Waals surface area (Å²) < 4.78 is 0. The number of rotatable bonds is 15. The fraction of sp³-hybridized carbons (Fsp3) is 0.273. The van der Waals surface area contributed by atoms with Crippen molar-refractivity contribution >= 4 is 89.6 Å². The predicted molar refractivity (Wildman–Crippen MR) is 232 cm³/mol. The molecular weight excluding hydrogens is 721 g/mol. The zero-order valence-electron chi connectivity index (χ0n) is 28.8. The van der Waals surface area contributed by atoms with Crippen LogP contribution in [0.1, 0.15) is 76.3 Å². The molecule has 6 heteroatoms. The zero-order valence-corrected chi connectivity index (χ0v) is 33.7. The van der Waals surface area contributed by atoms with Crippen LogP contribution in [0.3, 0.4) is 0 Å². The molecule has 0 aliphatic rings. The minimum Gasteiger partial charge on any atom is -0.143 e.